The van der Waals surface area contributed by atoms with E-state index in [2.05, 4.69) is 4.98 Å². The van der Waals surface area contributed by atoms with Gasteiger partial charge in [0, 0.05) is 25.2 Å². The quantitative estimate of drug-likeness (QED) is 0.785. The SMILES string of the molecule is CN1Cc2ncn(C)c2-c2nc(-c3cccc(C(C)(C)N)c3)oc21. The minimum Gasteiger partial charge on any atom is -0.420 e. The predicted molar refractivity (Wildman–Crippen MR) is 93.5 cm³/mol. The monoisotopic (exact) mass is 323 g/mol. The third-order valence-corrected chi connectivity index (χ3v) is 4.43. The molecule has 3 aromatic rings. The van der Waals surface area contributed by atoms with E-state index in [0.29, 0.717) is 12.4 Å². The van der Waals surface area contributed by atoms with Crippen LogP contribution in [-0.4, -0.2) is 21.6 Å². The molecule has 4 rings (SSSR count). The highest BCUT2D eigenvalue weighted by Gasteiger charge is 2.30. The number of nitrogens with two attached hydrogens (primary N) is 1. The third kappa shape index (κ3) is 2.22. The van der Waals surface area contributed by atoms with Crippen molar-refractivity contribution in [3.63, 3.8) is 0 Å². The first-order valence-electron chi connectivity index (χ1n) is 7.97. The molecule has 24 heavy (non-hydrogen) atoms. The second kappa shape index (κ2) is 4.95. The summed E-state index contributed by atoms with van der Waals surface area (Å²) in [5.41, 5.74) is 10.7. The molecular formula is C18H21N5O. The van der Waals surface area contributed by atoms with E-state index in [1.165, 1.54) is 0 Å². The highest BCUT2D eigenvalue weighted by molar-refractivity contribution is 5.76. The number of hydrogen-bond acceptors (Lipinski definition) is 5. The Hall–Kier alpha value is -2.60. The zero-order valence-corrected chi connectivity index (χ0v) is 14.4. The second-order valence-electron chi connectivity index (χ2n) is 6.98. The summed E-state index contributed by atoms with van der Waals surface area (Å²) < 4.78 is 8.08. The van der Waals surface area contributed by atoms with E-state index < -0.39 is 5.54 Å². The van der Waals surface area contributed by atoms with E-state index in [-0.39, 0.29) is 0 Å². The van der Waals surface area contributed by atoms with Crippen molar-refractivity contribution < 1.29 is 4.42 Å². The minimum absolute atomic E-state index is 0.409. The number of rotatable bonds is 2. The Balaban J connectivity index is 1.85. The largest absolute Gasteiger partial charge is 0.420 e. The maximum Gasteiger partial charge on any atom is 0.229 e. The van der Waals surface area contributed by atoms with Gasteiger partial charge in [-0.25, -0.2) is 9.97 Å². The summed E-state index contributed by atoms with van der Waals surface area (Å²) in [6.07, 6.45) is 1.82. The molecule has 0 spiro atoms. The maximum atomic E-state index is 6.22. The van der Waals surface area contributed by atoms with Gasteiger partial charge in [-0.15, -0.1) is 0 Å². The van der Waals surface area contributed by atoms with Crippen LogP contribution in [0.3, 0.4) is 0 Å². The normalized spacial score (nSPS) is 13.8. The van der Waals surface area contributed by atoms with Crippen molar-refractivity contribution in [3.05, 3.63) is 41.9 Å². The average Bonchev–Trinajstić information content (AvgIpc) is 3.11. The van der Waals surface area contributed by atoms with Crippen LogP contribution in [0, 0.1) is 0 Å². The van der Waals surface area contributed by atoms with Gasteiger partial charge in [0.2, 0.25) is 11.8 Å². The van der Waals surface area contributed by atoms with Crippen molar-refractivity contribution in [3.8, 4) is 22.8 Å². The van der Waals surface area contributed by atoms with Crippen molar-refractivity contribution in [1.82, 2.24) is 14.5 Å². The van der Waals surface area contributed by atoms with Gasteiger partial charge in [0.1, 0.15) is 0 Å². The number of nitrogens with zero attached hydrogens (tertiary/aromatic N) is 4. The summed E-state index contributed by atoms with van der Waals surface area (Å²) in [7, 11) is 3.97. The summed E-state index contributed by atoms with van der Waals surface area (Å²) in [6, 6.07) is 8.05. The fourth-order valence-electron chi connectivity index (χ4n) is 3.10. The molecule has 0 amide bonds. The molecule has 1 aliphatic heterocycles. The molecule has 0 aliphatic carbocycles. The molecule has 2 N–H and O–H groups in total. The molecule has 0 fully saturated rings. The van der Waals surface area contributed by atoms with E-state index in [4.69, 9.17) is 15.1 Å². The molecule has 0 atom stereocenters. The van der Waals surface area contributed by atoms with Gasteiger partial charge >= 0.3 is 0 Å². The molecule has 0 saturated heterocycles. The molecule has 6 nitrogen and oxygen atoms in total. The van der Waals surface area contributed by atoms with Crippen LogP contribution >= 0.6 is 0 Å². The van der Waals surface area contributed by atoms with E-state index in [0.717, 1.165) is 34.1 Å². The summed E-state index contributed by atoms with van der Waals surface area (Å²) >= 11 is 0. The molecule has 0 bridgehead atoms. The highest BCUT2D eigenvalue weighted by Crippen LogP contribution is 2.40. The zero-order chi connectivity index (χ0) is 17.1. The van der Waals surface area contributed by atoms with Gasteiger partial charge in [-0.1, -0.05) is 12.1 Å². The van der Waals surface area contributed by atoms with E-state index >= 15 is 0 Å². The van der Waals surface area contributed by atoms with Gasteiger partial charge < -0.3 is 19.6 Å². The summed E-state index contributed by atoms with van der Waals surface area (Å²) in [4.78, 5) is 11.3. The van der Waals surface area contributed by atoms with Crippen molar-refractivity contribution in [2.24, 2.45) is 12.8 Å². The summed E-state index contributed by atoms with van der Waals surface area (Å²) in [6.45, 7) is 4.69. The maximum absolute atomic E-state index is 6.22. The Morgan fingerprint density at radius 2 is 2.04 bits per heavy atom. The average molecular weight is 323 g/mol. The van der Waals surface area contributed by atoms with Crippen LogP contribution in [0.25, 0.3) is 22.8 Å². The van der Waals surface area contributed by atoms with Gasteiger partial charge in [-0.05, 0) is 31.5 Å². The first-order valence-corrected chi connectivity index (χ1v) is 7.97. The Bertz CT molecular complexity index is 916. The molecule has 2 aromatic heterocycles. The molecule has 1 aromatic carbocycles. The van der Waals surface area contributed by atoms with Crippen molar-refractivity contribution in [2.75, 3.05) is 11.9 Å². The van der Waals surface area contributed by atoms with Gasteiger partial charge in [0.05, 0.1) is 24.3 Å². The first-order chi connectivity index (χ1) is 11.3. The lowest BCUT2D eigenvalue weighted by Gasteiger charge is -2.21. The molecule has 0 saturated carbocycles. The first kappa shape index (κ1) is 15.0. The number of oxazole rings is 1. The van der Waals surface area contributed by atoms with Gasteiger partial charge in [-0.3, -0.25) is 0 Å². The van der Waals surface area contributed by atoms with Crippen LogP contribution < -0.4 is 10.6 Å². The standard InChI is InChI=1S/C18H21N5O/c1-18(2,19)12-7-5-6-11(8-12)16-21-14-15-13(20-10-23(15)4)9-22(3)17(14)24-16/h5-8,10H,9,19H2,1-4H3. The topological polar surface area (TPSA) is 73.1 Å². The molecule has 6 heteroatoms. The Labute approximate surface area is 140 Å². The van der Waals surface area contributed by atoms with Crippen LogP contribution in [0.2, 0.25) is 0 Å². The Morgan fingerprint density at radius 1 is 1.25 bits per heavy atom. The number of aromatic nitrogens is 3. The van der Waals surface area contributed by atoms with Crippen LogP contribution in [0.15, 0.2) is 35.0 Å². The van der Waals surface area contributed by atoms with E-state index in [9.17, 15) is 0 Å². The smallest absolute Gasteiger partial charge is 0.229 e. The van der Waals surface area contributed by atoms with Crippen LogP contribution in [-0.2, 0) is 19.1 Å². The third-order valence-electron chi connectivity index (χ3n) is 4.43. The number of benzene rings is 1. The summed E-state index contributed by atoms with van der Waals surface area (Å²) in [5.74, 6) is 1.38. The zero-order valence-electron chi connectivity index (χ0n) is 14.4. The minimum atomic E-state index is -0.409. The van der Waals surface area contributed by atoms with E-state index in [1.54, 1.807) is 0 Å². The van der Waals surface area contributed by atoms with Gasteiger partial charge in [0.15, 0.2) is 5.69 Å². The fourth-order valence-corrected chi connectivity index (χ4v) is 3.10. The van der Waals surface area contributed by atoms with Crippen LogP contribution in [0.5, 0.6) is 0 Å². The second-order valence-corrected chi connectivity index (χ2v) is 6.98. The van der Waals surface area contributed by atoms with Crippen LogP contribution in [0.1, 0.15) is 25.1 Å². The molecule has 3 heterocycles. The lowest BCUT2D eigenvalue weighted by molar-refractivity contribution is 0.550. The molecule has 124 valence electrons. The number of hydrogen-bond donors (Lipinski definition) is 1. The predicted octanol–water partition coefficient (Wildman–Crippen LogP) is 2.89. The lowest BCUT2D eigenvalue weighted by atomic mass is 9.94. The van der Waals surface area contributed by atoms with Gasteiger partial charge in [-0.2, -0.15) is 0 Å². The highest BCUT2D eigenvalue weighted by atomic mass is 16.4. The molecule has 1 aliphatic rings. The molecular weight excluding hydrogens is 302 g/mol. The summed E-state index contributed by atoms with van der Waals surface area (Å²) in [5, 5.41) is 0. The number of imidazole rings is 1. The van der Waals surface area contributed by atoms with Crippen LogP contribution in [0.4, 0.5) is 5.88 Å². The molecule has 0 radical (unpaired) electrons. The number of anilines is 1. The lowest BCUT2D eigenvalue weighted by Crippen LogP contribution is -2.28. The number of aryl methyl sites for hydroxylation is 1. The Kier molecular flexibility index (Phi) is 3.08. The fraction of sp³-hybridized carbons (Fsp3) is 0.333. The van der Waals surface area contributed by atoms with E-state index in [1.807, 2.05) is 68.0 Å². The molecule has 0 unspecified atom stereocenters. The van der Waals surface area contributed by atoms with Crippen molar-refractivity contribution in [2.45, 2.75) is 25.9 Å². The Morgan fingerprint density at radius 3 is 2.79 bits per heavy atom. The number of fused-ring (bicyclic) bond motifs is 3. The van der Waals surface area contributed by atoms with Crippen molar-refractivity contribution >= 4 is 5.88 Å². The van der Waals surface area contributed by atoms with Gasteiger partial charge in [0.25, 0.3) is 0 Å². The van der Waals surface area contributed by atoms with Crippen molar-refractivity contribution in [1.29, 1.82) is 0 Å².